The Hall–Kier alpha value is -2.15. The summed E-state index contributed by atoms with van der Waals surface area (Å²) in [7, 11) is 0. The molecule has 28 heavy (non-hydrogen) atoms. The number of rotatable bonds is 6. The molecule has 1 aromatic carbocycles. The number of benzene rings is 1. The maximum atomic E-state index is 12.8. The highest BCUT2D eigenvalue weighted by molar-refractivity contribution is 5.39. The minimum absolute atomic E-state index is 0.0436. The Kier molecular flexibility index (Phi) is 4.81. The van der Waals surface area contributed by atoms with Crippen LogP contribution in [0.5, 0.6) is 0 Å². The predicted molar refractivity (Wildman–Crippen MR) is 100 cm³/mol. The first-order valence-electron chi connectivity index (χ1n) is 9.72. The van der Waals surface area contributed by atoms with Crippen molar-refractivity contribution in [2.75, 3.05) is 19.6 Å². The summed E-state index contributed by atoms with van der Waals surface area (Å²) in [5.74, 6) is 0.549. The third kappa shape index (κ3) is 3.72. The number of likely N-dealkylation sites (tertiary alicyclic amines) is 1. The molecular weight excluding hydrogens is 367 g/mol. The van der Waals surface area contributed by atoms with Crippen molar-refractivity contribution < 1.29 is 13.2 Å². The quantitative estimate of drug-likeness (QED) is 0.706. The lowest BCUT2D eigenvalue weighted by Gasteiger charge is -2.21. The summed E-state index contributed by atoms with van der Waals surface area (Å²) in [5, 5.41) is 0. The van der Waals surface area contributed by atoms with Gasteiger partial charge in [-0.05, 0) is 62.4 Å². The van der Waals surface area contributed by atoms with Crippen molar-refractivity contribution in [2.24, 2.45) is 5.92 Å². The molecule has 2 heterocycles. The van der Waals surface area contributed by atoms with E-state index in [1.54, 1.807) is 29.8 Å². The van der Waals surface area contributed by atoms with Gasteiger partial charge in [-0.15, -0.1) is 0 Å². The average molecular weight is 391 g/mol. The van der Waals surface area contributed by atoms with Crippen molar-refractivity contribution in [1.29, 1.82) is 0 Å². The van der Waals surface area contributed by atoms with Gasteiger partial charge in [0.15, 0.2) is 0 Å². The summed E-state index contributed by atoms with van der Waals surface area (Å²) in [5.41, 5.74) is 1.02. The molecule has 2 fully saturated rings. The van der Waals surface area contributed by atoms with Gasteiger partial charge in [0.1, 0.15) is 0 Å². The van der Waals surface area contributed by atoms with E-state index in [2.05, 4.69) is 9.88 Å². The molecule has 2 aliphatic rings. The van der Waals surface area contributed by atoms with Crippen LogP contribution in [0.25, 0.3) is 0 Å². The predicted octanol–water partition coefficient (Wildman–Crippen LogP) is 3.62. The van der Waals surface area contributed by atoms with Crippen molar-refractivity contribution in [3.05, 3.63) is 63.8 Å². The Morgan fingerprint density at radius 3 is 2.54 bits per heavy atom. The number of hydrogen-bond donors (Lipinski definition) is 0. The fourth-order valence-corrected chi connectivity index (χ4v) is 4.50. The van der Waals surface area contributed by atoms with Crippen LogP contribution >= 0.6 is 0 Å². The standard InChI is InChI=1S/C21H24F3N3O/c1-15-8-11-27(19(28)25-15)10-3-2-9-26-13-18-12-20(18,14-26)16-4-6-17(7-5-16)21(22,23)24/h4-8,11,18H,2-3,9-10,12-14H2,1H3/t18-,20+/m0/s1. The van der Waals surface area contributed by atoms with Crippen LogP contribution < -0.4 is 5.69 Å². The molecule has 4 nitrogen and oxygen atoms in total. The normalized spacial score (nSPS) is 24.4. The van der Waals surface area contributed by atoms with Crippen LogP contribution in [0.15, 0.2) is 41.3 Å². The third-order valence-electron chi connectivity index (χ3n) is 6.14. The molecule has 2 atom stereocenters. The van der Waals surface area contributed by atoms with E-state index in [0.29, 0.717) is 12.5 Å². The second kappa shape index (κ2) is 7.03. The molecule has 1 aliphatic carbocycles. The Morgan fingerprint density at radius 2 is 1.86 bits per heavy atom. The van der Waals surface area contributed by atoms with E-state index in [4.69, 9.17) is 0 Å². The number of unbranched alkanes of at least 4 members (excludes halogenated alkanes) is 1. The summed E-state index contributed by atoms with van der Waals surface area (Å²) in [6.45, 7) is 5.33. The van der Waals surface area contributed by atoms with E-state index in [0.717, 1.165) is 50.2 Å². The lowest BCUT2D eigenvalue weighted by atomic mass is 9.94. The number of piperidine rings is 1. The zero-order chi connectivity index (χ0) is 19.9. The molecule has 0 spiro atoms. The number of alkyl halides is 3. The second-order valence-electron chi connectivity index (χ2n) is 8.12. The molecule has 7 heteroatoms. The molecule has 1 aromatic heterocycles. The van der Waals surface area contributed by atoms with Crippen LogP contribution in [-0.2, 0) is 18.1 Å². The van der Waals surface area contributed by atoms with Crippen molar-refractivity contribution in [2.45, 2.75) is 44.3 Å². The van der Waals surface area contributed by atoms with Gasteiger partial charge < -0.3 is 4.90 Å². The zero-order valence-electron chi connectivity index (χ0n) is 15.9. The van der Waals surface area contributed by atoms with Gasteiger partial charge >= 0.3 is 11.9 Å². The molecule has 0 radical (unpaired) electrons. The molecule has 150 valence electrons. The minimum Gasteiger partial charge on any atom is -0.302 e. The molecule has 1 saturated heterocycles. The molecule has 0 amide bonds. The summed E-state index contributed by atoms with van der Waals surface area (Å²) >= 11 is 0. The van der Waals surface area contributed by atoms with Crippen molar-refractivity contribution >= 4 is 0 Å². The van der Waals surface area contributed by atoms with Crippen molar-refractivity contribution in [1.82, 2.24) is 14.5 Å². The number of halogens is 3. The first-order chi connectivity index (χ1) is 13.3. The summed E-state index contributed by atoms with van der Waals surface area (Å²) < 4.78 is 40.0. The lowest BCUT2D eigenvalue weighted by molar-refractivity contribution is -0.137. The van der Waals surface area contributed by atoms with Crippen LogP contribution in [0.4, 0.5) is 13.2 Å². The van der Waals surface area contributed by atoms with Gasteiger partial charge in [0.2, 0.25) is 0 Å². The van der Waals surface area contributed by atoms with Crippen LogP contribution in [0, 0.1) is 12.8 Å². The highest BCUT2D eigenvalue weighted by atomic mass is 19.4. The maximum Gasteiger partial charge on any atom is 0.416 e. The van der Waals surface area contributed by atoms with E-state index in [9.17, 15) is 18.0 Å². The van der Waals surface area contributed by atoms with Gasteiger partial charge in [0.25, 0.3) is 0 Å². The molecule has 2 aromatic rings. The fourth-order valence-electron chi connectivity index (χ4n) is 4.50. The van der Waals surface area contributed by atoms with Gasteiger partial charge in [-0.1, -0.05) is 12.1 Å². The molecule has 1 saturated carbocycles. The first kappa shape index (κ1) is 19.2. The van der Waals surface area contributed by atoms with Gasteiger partial charge in [0, 0.05) is 36.9 Å². The monoisotopic (exact) mass is 391 g/mol. The Morgan fingerprint density at radius 1 is 1.14 bits per heavy atom. The minimum atomic E-state index is -4.28. The SMILES string of the molecule is Cc1ccn(CCCCN2C[C@@H]3C[C@]3(c3ccc(C(F)(F)F)cc3)C2)c(=O)n1. The molecule has 0 unspecified atom stereocenters. The van der Waals surface area contributed by atoms with Gasteiger partial charge in [0.05, 0.1) is 5.56 Å². The summed E-state index contributed by atoms with van der Waals surface area (Å²) in [6.07, 6.45) is 0.458. The van der Waals surface area contributed by atoms with E-state index >= 15 is 0 Å². The van der Waals surface area contributed by atoms with E-state index in [1.165, 1.54) is 12.1 Å². The van der Waals surface area contributed by atoms with Crippen LogP contribution in [0.1, 0.15) is 36.1 Å². The van der Waals surface area contributed by atoms with Gasteiger partial charge in [-0.2, -0.15) is 18.2 Å². The average Bonchev–Trinajstić information content (AvgIpc) is 3.21. The number of aromatic nitrogens is 2. The van der Waals surface area contributed by atoms with Gasteiger partial charge in [-0.25, -0.2) is 4.79 Å². The van der Waals surface area contributed by atoms with E-state index in [-0.39, 0.29) is 11.1 Å². The molecule has 4 rings (SSSR count). The number of aryl methyl sites for hydroxylation is 2. The summed E-state index contributed by atoms with van der Waals surface area (Å²) in [6, 6.07) is 7.56. The largest absolute Gasteiger partial charge is 0.416 e. The molecule has 1 aliphatic heterocycles. The molecule has 0 bridgehead atoms. The third-order valence-corrected chi connectivity index (χ3v) is 6.14. The van der Waals surface area contributed by atoms with Crippen molar-refractivity contribution in [3.8, 4) is 0 Å². The maximum absolute atomic E-state index is 12.8. The van der Waals surface area contributed by atoms with Crippen LogP contribution in [0.2, 0.25) is 0 Å². The number of hydrogen-bond acceptors (Lipinski definition) is 3. The zero-order valence-corrected chi connectivity index (χ0v) is 15.9. The highest BCUT2D eigenvalue weighted by Gasteiger charge is 2.60. The second-order valence-corrected chi connectivity index (χ2v) is 8.12. The Labute approximate surface area is 162 Å². The Balaban J connectivity index is 1.28. The number of nitrogens with zero attached hydrogens (tertiary/aromatic N) is 3. The lowest BCUT2D eigenvalue weighted by Crippen LogP contribution is -2.28. The topological polar surface area (TPSA) is 38.1 Å². The highest BCUT2D eigenvalue weighted by Crippen LogP contribution is 2.59. The fraction of sp³-hybridized carbons (Fsp3) is 0.524. The van der Waals surface area contributed by atoms with Crippen LogP contribution in [0.3, 0.4) is 0 Å². The molecular formula is C21H24F3N3O. The smallest absolute Gasteiger partial charge is 0.302 e. The van der Waals surface area contributed by atoms with E-state index < -0.39 is 11.7 Å². The van der Waals surface area contributed by atoms with Crippen LogP contribution in [-0.4, -0.2) is 34.1 Å². The first-order valence-corrected chi connectivity index (χ1v) is 9.72. The summed E-state index contributed by atoms with van der Waals surface area (Å²) in [4.78, 5) is 18.1. The Bertz CT molecular complexity index is 906. The van der Waals surface area contributed by atoms with Crippen molar-refractivity contribution in [3.63, 3.8) is 0 Å². The number of fused-ring (bicyclic) bond motifs is 1. The van der Waals surface area contributed by atoms with Gasteiger partial charge in [-0.3, -0.25) is 4.57 Å². The molecule has 0 N–H and O–H groups in total. The van der Waals surface area contributed by atoms with E-state index in [1.807, 2.05) is 6.07 Å².